The zero-order valence-electron chi connectivity index (χ0n) is 12.1. The van der Waals surface area contributed by atoms with Crippen molar-refractivity contribution in [1.29, 1.82) is 0 Å². The largest absolute Gasteiger partial charge is 0.496 e. The van der Waals surface area contributed by atoms with Crippen LogP contribution in [0.1, 0.15) is 24.2 Å². The molecule has 1 aromatic carbocycles. The lowest BCUT2D eigenvalue weighted by Crippen LogP contribution is -2.41. The molecule has 0 fully saturated rings. The van der Waals surface area contributed by atoms with Crippen molar-refractivity contribution in [2.24, 2.45) is 11.1 Å². The molecule has 0 atom stereocenters. The van der Waals surface area contributed by atoms with Crippen LogP contribution in [0.2, 0.25) is 0 Å². The molecular weight excluding hydrogens is 276 g/mol. The molecule has 0 spiro atoms. The number of nitrogens with two attached hydrogens (primary N) is 1. The number of hydrogen-bond acceptors (Lipinski definition) is 4. The van der Waals surface area contributed by atoms with E-state index in [-0.39, 0.29) is 5.91 Å². The van der Waals surface area contributed by atoms with E-state index in [0.717, 1.165) is 0 Å². The Bertz CT molecular complexity index is 493. The van der Waals surface area contributed by atoms with Crippen molar-refractivity contribution in [3.8, 4) is 11.5 Å². The van der Waals surface area contributed by atoms with E-state index in [9.17, 15) is 4.79 Å². The molecule has 0 unspecified atom stereocenters. The Balaban J connectivity index is 2.95. The molecule has 0 radical (unpaired) electrons. The van der Waals surface area contributed by atoms with Crippen LogP contribution in [-0.4, -0.2) is 31.7 Å². The summed E-state index contributed by atoms with van der Waals surface area (Å²) in [5, 5.41) is 2.80. The van der Waals surface area contributed by atoms with Crippen molar-refractivity contribution in [2.75, 3.05) is 20.8 Å². The fourth-order valence-electron chi connectivity index (χ4n) is 1.55. The number of carbonyl (C=O) groups is 1. The molecule has 0 aromatic heterocycles. The van der Waals surface area contributed by atoms with Crippen molar-refractivity contribution in [2.45, 2.75) is 13.8 Å². The minimum absolute atomic E-state index is 0.288. The van der Waals surface area contributed by atoms with E-state index in [1.165, 1.54) is 14.2 Å². The van der Waals surface area contributed by atoms with Crippen LogP contribution in [0.3, 0.4) is 0 Å². The first-order valence-corrected chi connectivity index (χ1v) is 6.53. The van der Waals surface area contributed by atoms with Gasteiger partial charge in [-0.2, -0.15) is 0 Å². The summed E-state index contributed by atoms with van der Waals surface area (Å²) in [5.41, 5.74) is 5.54. The van der Waals surface area contributed by atoms with Crippen molar-refractivity contribution >= 4 is 23.1 Å². The van der Waals surface area contributed by atoms with E-state index in [1.807, 2.05) is 13.8 Å². The number of thiocarbonyl (C=S) groups is 1. The molecule has 1 aromatic rings. The quantitative estimate of drug-likeness (QED) is 0.782. The minimum Gasteiger partial charge on any atom is -0.496 e. The van der Waals surface area contributed by atoms with Gasteiger partial charge in [-0.05, 0) is 12.1 Å². The Morgan fingerprint density at radius 1 is 1.30 bits per heavy atom. The van der Waals surface area contributed by atoms with Gasteiger partial charge in [-0.25, -0.2) is 0 Å². The number of hydrogen-bond donors (Lipinski definition) is 2. The summed E-state index contributed by atoms with van der Waals surface area (Å²) in [5.74, 6) is 0.619. The predicted octanol–water partition coefficient (Wildman–Crippen LogP) is 1.75. The Labute approximate surface area is 124 Å². The van der Waals surface area contributed by atoms with Crippen LogP contribution in [0.15, 0.2) is 18.2 Å². The summed E-state index contributed by atoms with van der Waals surface area (Å²) in [4.78, 5) is 12.7. The molecule has 0 saturated heterocycles. The maximum atomic E-state index is 12.3. The van der Waals surface area contributed by atoms with Crippen molar-refractivity contribution in [3.63, 3.8) is 0 Å². The summed E-state index contributed by atoms with van der Waals surface area (Å²) >= 11 is 4.97. The summed E-state index contributed by atoms with van der Waals surface area (Å²) in [6.07, 6.45) is 0. The lowest BCUT2D eigenvalue weighted by atomic mass is 9.93. The zero-order chi connectivity index (χ0) is 15.3. The zero-order valence-corrected chi connectivity index (χ0v) is 13.0. The molecule has 0 saturated carbocycles. The SMILES string of the molecule is COc1cccc(OC)c1C(=O)NCC(C)(C)C(N)=S. The molecule has 0 aliphatic heterocycles. The molecule has 5 nitrogen and oxygen atoms in total. The average Bonchev–Trinajstić information content (AvgIpc) is 2.43. The minimum atomic E-state index is -0.458. The molecule has 0 aliphatic carbocycles. The molecule has 1 rings (SSSR count). The Kier molecular flexibility index (Phi) is 5.33. The highest BCUT2D eigenvalue weighted by Gasteiger charge is 2.24. The van der Waals surface area contributed by atoms with Crippen LogP contribution in [0.5, 0.6) is 11.5 Å². The number of rotatable bonds is 6. The van der Waals surface area contributed by atoms with Crippen molar-refractivity contribution in [3.05, 3.63) is 23.8 Å². The van der Waals surface area contributed by atoms with E-state index < -0.39 is 5.41 Å². The molecule has 3 N–H and O–H groups in total. The Hall–Kier alpha value is -1.82. The summed E-state index contributed by atoms with van der Waals surface area (Å²) < 4.78 is 10.4. The van der Waals surface area contributed by atoms with Crippen LogP contribution in [0.4, 0.5) is 0 Å². The summed E-state index contributed by atoms with van der Waals surface area (Å²) in [7, 11) is 3.01. The van der Waals surface area contributed by atoms with E-state index in [2.05, 4.69) is 5.32 Å². The lowest BCUT2D eigenvalue weighted by molar-refractivity contribution is 0.0938. The molecular formula is C14H20N2O3S. The Morgan fingerprint density at radius 3 is 2.20 bits per heavy atom. The summed E-state index contributed by atoms with van der Waals surface area (Å²) in [6.45, 7) is 4.08. The smallest absolute Gasteiger partial charge is 0.258 e. The second kappa shape index (κ2) is 6.56. The van der Waals surface area contributed by atoms with Crippen LogP contribution < -0.4 is 20.5 Å². The highest BCUT2D eigenvalue weighted by atomic mass is 32.1. The third kappa shape index (κ3) is 3.60. The fourth-order valence-corrected chi connectivity index (χ4v) is 1.62. The third-order valence-electron chi connectivity index (χ3n) is 3.01. The maximum Gasteiger partial charge on any atom is 0.258 e. The first kappa shape index (κ1) is 16.2. The van der Waals surface area contributed by atoms with Gasteiger partial charge in [0.25, 0.3) is 5.91 Å². The number of carbonyl (C=O) groups excluding carboxylic acids is 1. The molecule has 0 bridgehead atoms. The van der Waals surface area contributed by atoms with E-state index in [1.54, 1.807) is 18.2 Å². The van der Waals surface area contributed by atoms with Crippen LogP contribution >= 0.6 is 12.2 Å². The number of benzene rings is 1. The molecule has 20 heavy (non-hydrogen) atoms. The van der Waals surface area contributed by atoms with Crippen molar-refractivity contribution in [1.82, 2.24) is 5.32 Å². The van der Waals surface area contributed by atoms with Gasteiger partial charge in [0.15, 0.2) is 0 Å². The van der Waals surface area contributed by atoms with Gasteiger partial charge in [0.05, 0.1) is 19.2 Å². The van der Waals surface area contributed by atoms with Gasteiger partial charge >= 0.3 is 0 Å². The Morgan fingerprint density at radius 2 is 1.80 bits per heavy atom. The molecule has 0 aliphatic rings. The highest BCUT2D eigenvalue weighted by Crippen LogP contribution is 2.28. The normalized spacial score (nSPS) is 10.8. The third-order valence-corrected chi connectivity index (χ3v) is 3.57. The predicted molar refractivity (Wildman–Crippen MR) is 82.4 cm³/mol. The fraction of sp³-hybridized carbons (Fsp3) is 0.429. The van der Waals surface area contributed by atoms with E-state index in [0.29, 0.717) is 28.6 Å². The van der Waals surface area contributed by atoms with Gasteiger partial charge in [-0.3, -0.25) is 4.79 Å². The van der Waals surface area contributed by atoms with Crippen LogP contribution in [-0.2, 0) is 0 Å². The molecule has 110 valence electrons. The monoisotopic (exact) mass is 296 g/mol. The first-order valence-electron chi connectivity index (χ1n) is 6.12. The van der Waals surface area contributed by atoms with Gasteiger partial charge in [0.2, 0.25) is 0 Å². The summed E-state index contributed by atoms with van der Waals surface area (Å²) in [6, 6.07) is 5.17. The van der Waals surface area contributed by atoms with Gasteiger partial charge in [-0.1, -0.05) is 32.1 Å². The molecule has 0 heterocycles. The number of methoxy groups -OCH3 is 2. The maximum absolute atomic E-state index is 12.3. The molecule has 6 heteroatoms. The van der Waals surface area contributed by atoms with E-state index >= 15 is 0 Å². The average molecular weight is 296 g/mol. The van der Waals surface area contributed by atoms with Gasteiger partial charge in [0.1, 0.15) is 17.1 Å². The second-order valence-electron chi connectivity index (χ2n) is 4.97. The van der Waals surface area contributed by atoms with Gasteiger partial charge in [0, 0.05) is 12.0 Å². The van der Waals surface area contributed by atoms with Crippen LogP contribution in [0, 0.1) is 5.41 Å². The van der Waals surface area contributed by atoms with E-state index in [4.69, 9.17) is 27.4 Å². The first-order chi connectivity index (χ1) is 9.33. The van der Waals surface area contributed by atoms with Crippen LogP contribution in [0.25, 0.3) is 0 Å². The molecule has 1 amide bonds. The number of ether oxygens (including phenoxy) is 2. The van der Waals surface area contributed by atoms with Gasteiger partial charge < -0.3 is 20.5 Å². The standard InChI is InChI=1S/C14H20N2O3S/c1-14(2,13(15)20)8-16-12(17)11-9(18-3)6-5-7-10(11)19-4/h5-7H,8H2,1-4H3,(H2,15,20)(H,16,17). The second-order valence-corrected chi connectivity index (χ2v) is 5.41. The lowest BCUT2D eigenvalue weighted by Gasteiger charge is -2.23. The van der Waals surface area contributed by atoms with Gasteiger partial charge in [-0.15, -0.1) is 0 Å². The highest BCUT2D eigenvalue weighted by molar-refractivity contribution is 7.80. The number of amides is 1. The van der Waals surface area contributed by atoms with Crippen molar-refractivity contribution < 1.29 is 14.3 Å². The topological polar surface area (TPSA) is 73.6 Å². The number of nitrogens with one attached hydrogen (secondary N) is 1.